The Bertz CT molecular complexity index is 585. The lowest BCUT2D eigenvalue weighted by Gasteiger charge is -2.27. The van der Waals surface area contributed by atoms with Gasteiger partial charge in [-0.25, -0.2) is 4.68 Å². The molecule has 2 rings (SSSR count). The van der Waals surface area contributed by atoms with E-state index >= 15 is 0 Å². The molecule has 0 fully saturated rings. The largest absolute Gasteiger partial charge is 0.373 e. The van der Waals surface area contributed by atoms with Crippen molar-refractivity contribution >= 4 is 5.78 Å². The highest BCUT2D eigenvalue weighted by Crippen LogP contribution is 2.25. The van der Waals surface area contributed by atoms with Crippen LogP contribution in [0, 0.1) is 5.41 Å². The monoisotopic (exact) mass is 273 g/mol. The second kappa shape index (κ2) is 5.54. The Morgan fingerprint density at radius 3 is 2.45 bits per heavy atom. The van der Waals surface area contributed by atoms with Crippen molar-refractivity contribution < 1.29 is 9.53 Å². The summed E-state index contributed by atoms with van der Waals surface area (Å²) >= 11 is 0. The number of benzene rings is 1. The standard InChI is InChI=1S/C15H19N3O2/c1-15(2,3)14(20-4)13(19)12-10-16-17-18(12)11-8-6-5-7-9-11/h5-10,14H,1-4H3. The Hall–Kier alpha value is -2.01. The van der Waals surface area contributed by atoms with Gasteiger partial charge in [-0.3, -0.25) is 4.79 Å². The summed E-state index contributed by atoms with van der Waals surface area (Å²) in [7, 11) is 1.55. The molecule has 0 aliphatic carbocycles. The quantitative estimate of drug-likeness (QED) is 0.803. The van der Waals surface area contributed by atoms with E-state index in [9.17, 15) is 4.79 Å². The molecule has 2 aromatic rings. The smallest absolute Gasteiger partial charge is 0.212 e. The van der Waals surface area contributed by atoms with Gasteiger partial charge in [0.15, 0.2) is 0 Å². The molecule has 5 heteroatoms. The lowest BCUT2D eigenvalue weighted by Crippen LogP contribution is -2.37. The van der Waals surface area contributed by atoms with Gasteiger partial charge < -0.3 is 4.74 Å². The molecule has 0 amide bonds. The van der Waals surface area contributed by atoms with Crippen LogP contribution >= 0.6 is 0 Å². The average Bonchev–Trinajstić information content (AvgIpc) is 2.88. The summed E-state index contributed by atoms with van der Waals surface area (Å²) in [5.41, 5.74) is 0.938. The zero-order chi connectivity index (χ0) is 14.8. The van der Waals surface area contributed by atoms with Crippen molar-refractivity contribution in [1.29, 1.82) is 0 Å². The van der Waals surface area contributed by atoms with Gasteiger partial charge in [0.1, 0.15) is 11.8 Å². The summed E-state index contributed by atoms with van der Waals surface area (Å²) in [5, 5.41) is 7.85. The van der Waals surface area contributed by atoms with E-state index in [-0.39, 0.29) is 11.2 Å². The molecule has 1 unspecified atom stereocenters. The summed E-state index contributed by atoms with van der Waals surface area (Å²) in [4.78, 5) is 12.7. The predicted octanol–water partition coefficient (Wildman–Crippen LogP) is 2.51. The van der Waals surface area contributed by atoms with Crippen LogP contribution in [0.4, 0.5) is 0 Å². The van der Waals surface area contributed by atoms with Gasteiger partial charge in [-0.2, -0.15) is 0 Å². The van der Waals surface area contributed by atoms with Crippen LogP contribution in [0.1, 0.15) is 31.3 Å². The molecule has 0 bridgehead atoms. The van der Waals surface area contributed by atoms with Gasteiger partial charge in [0, 0.05) is 7.11 Å². The second-order valence-electron chi connectivity index (χ2n) is 5.71. The van der Waals surface area contributed by atoms with E-state index < -0.39 is 6.10 Å². The van der Waals surface area contributed by atoms with Gasteiger partial charge in [-0.15, -0.1) is 5.10 Å². The van der Waals surface area contributed by atoms with Crippen LogP contribution < -0.4 is 0 Å². The highest BCUT2D eigenvalue weighted by Gasteiger charge is 2.34. The van der Waals surface area contributed by atoms with Gasteiger partial charge in [0.05, 0.1) is 11.9 Å². The highest BCUT2D eigenvalue weighted by atomic mass is 16.5. The van der Waals surface area contributed by atoms with E-state index in [1.807, 2.05) is 51.1 Å². The fourth-order valence-corrected chi connectivity index (χ4v) is 2.15. The summed E-state index contributed by atoms with van der Waals surface area (Å²) in [5.74, 6) is -0.117. The molecular formula is C15H19N3O2. The van der Waals surface area contributed by atoms with Gasteiger partial charge in [-0.05, 0) is 17.5 Å². The van der Waals surface area contributed by atoms with Crippen molar-refractivity contribution in [3.8, 4) is 5.69 Å². The Morgan fingerprint density at radius 2 is 1.90 bits per heavy atom. The Kier molecular flexibility index (Phi) is 3.99. The third kappa shape index (κ3) is 2.77. The fourth-order valence-electron chi connectivity index (χ4n) is 2.15. The average molecular weight is 273 g/mol. The number of ether oxygens (including phenoxy) is 1. The number of methoxy groups -OCH3 is 1. The molecule has 20 heavy (non-hydrogen) atoms. The first-order valence-corrected chi connectivity index (χ1v) is 6.48. The Labute approximate surface area is 118 Å². The number of nitrogens with zero attached hydrogens (tertiary/aromatic N) is 3. The van der Waals surface area contributed by atoms with Crippen LogP contribution in [-0.4, -0.2) is 34.0 Å². The van der Waals surface area contributed by atoms with Crippen LogP contribution in [0.2, 0.25) is 0 Å². The molecule has 0 spiro atoms. The third-order valence-corrected chi connectivity index (χ3v) is 3.06. The minimum absolute atomic E-state index is 0.117. The molecule has 0 radical (unpaired) electrons. The molecule has 106 valence electrons. The summed E-state index contributed by atoms with van der Waals surface area (Å²) in [6, 6.07) is 9.45. The first-order chi connectivity index (χ1) is 9.45. The number of Topliss-reactive ketones (excluding diaryl/α,β-unsaturated/α-hetero) is 1. The van der Waals surface area contributed by atoms with Gasteiger partial charge in [0.2, 0.25) is 5.78 Å². The molecule has 5 nitrogen and oxygen atoms in total. The summed E-state index contributed by atoms with van der Waals surface area (Å²) in [6.45, 7) is 5.90. The maximum atomic E-state index is 12.7. The number of rotatable bonds is 4. The Balaban J connectivity index is 2.40. The van der Waals surface area contributed by atoms with E-state index in [4.69, 9.17) is 4.74 Å². The molecule has 1 aromatic heterocycles. The van der Waals surface area contributed by atoms with Gasteiger partial charge in [0.25, 0.3) is 0 Å². The second-order valence-corrected chi connectivity index (χ2v) is 5.71. The molecule has 0 saturated carbocycles. The molecule has 0 aliphatic heterocycles. The first kappa shape index (κ1) is 14.4. The minimum Gasteiger partial charge on any atom is -0.373 e. The number of para-hydroxylation sites is 1. The van der Waals surface area contributed by atoms with Crippen molar-refractivity contribution in [3.05, 3.63) is 42.2 Å². The highest BCUT2D eigenvalue weighted by molar-refractivity contribution is 5.98. The molecule has 1 aromatic carbocycles. The molecule has 0 aliphatic rings. The maximum absolute atomic E-state index is 12.7. The van der Waals surface area contributed by atoms with E-state index in [0.717, 1.165) is 5.69 Å². The lowest BCUT2D eigenvalue weighted by atomic mass is 9.85. The van der Waals surface area contributed by atoms with Gasteiger partial charge >= 0.3 is 0 Å². The summed E-state index contributed by atoms with van der Waals surface area (Å²) in [6.07, 6.45) is 0.941. The molecule has 0 saturated heterocycles. The molecule has 1 atom stereocenters. The van der Waals surface area contributed by atoms with E-state index in [2.05, 4.69) is 10.3 Å². The number of carbonyl (C=O) groups excluding carboxylic acids is 1. The number of aromatic nitrogens is 3. The molecule has 0 N–H and O–H groups in total. The maximum Gasteiger partial charge on any atom is 0.212 e. The summed E-state index contributed by atoms with van der Waals surface area (Å²) < 4.78 is 6.91. The first-order valence-electron chi connectivity index (χ1n) is 6.48. The topological polar surface area (TPSA) is 57.0 Å². The fraction of sp³-hybridized carbons (Fsp3) is 0.400. The lowest BCUT2D eigenvalue weighted by molar-refractivity contribution is 0.0189. The number of hydrogen-bond acceptors (Lipinski definition) is 4. The zero-order valence-corrected chi connectivity index (χ0v) is 12.2. The van der Waals surface area contributed by atoms with Crippen molar-refractivity contribution in [2.75, 3.05) is 7.11 Å². The van der Waals surface area contributed by atoms with E-state index in [0.29, 0.717) is 5.69 Å². The zero-order valence-electron chi connectivity index (χ0n) is 12.2. The Morgan fingerprint density at radius 1 is 1.25 bits per heavy atom. The number of ketones is 1. The van der Waals surface area contributed by atoms with Crippen molar-refractivity contribution in [1.82, 2.24) is 15.0 Å². The van der Waals surface area contributed by atoms with Crippen LogP contribution in [0.5, 0.6) is 0 Å². The predicted molar refractivity (Wildman–Crippen MR) is 75.9 cm³/mol. The van der Waals surface area contributed by atoms with Crippen LogP contribution in [-0.2, 0) is 4.74 Å². The van der Waals surface area contributed by atoms with E-state index in [1.54, 1.807) is 11.8 Å². The minimum atomic E-state index is -0.538. The number of hydrogen-bond donors (Lipinski definition) is 0. The van der Waals surface area contributed by atoms with Crippen LogP contribution in [0.25, 0.3) is 5.69 Å². The SMILES string of the molecule is COC(C(=O)c1cnnn1-c1ccccc1)C(C)(C)C. The van der Waals surface area contributed by atoms with Crippen molar-refractivity contribution in [2.45, 2.75) is 26.9 Å². The van der Waals surface area contributed by atoms with Crippen LogP contribution in [0.15, 0.2) is 36.5 Å². The van der Waals surface area contributed by atoms with Crippen molar-refractivity contribution in [2.24, 2.45) is 5.41 Å². The van der Waals surface area contributed by atoms with Crippen molar-refractivity contribution in [3.63, 3.8) is 0 Å². The van der Waals surface area contributed by atoms with Crippen LogP contribution in [0.3, 0.4) is 0 Å². The normalized spacial score (nSPS) is 13.2. The molecular weight excluding hydrogens is 254 g/mol. The van der Waals surface area contributed by atoms with Gasteiger partial charge in [-0.1, -0.05) is 44.2 Å². The third-order valence-electron chi connectivity index (χ3n) is 3.06. The van der Waals surface area contributed by atoms with E-state index in [1.165, 1.54) is 6.20 Å². The molecule has 1 heterocycles. The number of carbonyl (C=O) groups is 1.